The first-order chi connectivity index (χ1) is 5.22. The molecule has 1 fully saturated rings. The molecule has 0 amide bonds. The van der Waals surface area contributed by atoms with Crippen LogP contribution in [-0.2, 0) is 0 Å². The topological polar surface area (TPSA) is 12.0 Å². The van der Waals surface area contributed by atoms with Crippen molar-refractivity contribution < 1.29 is 0 Å². The molecule has 1 N–H and O–H groups in total. The number of hydrogen-bond donors (Lipinski definition) is 1. The molecule has 0 aliphatic heterocycles. The molecule has 0 saturated heterocycles. The Bertz CT molecular complexity index is 151. The Morgan fingerprint density at radius 2 is 2.27 bits per heavy atom. The molecule has 0 aromatic carbocycles. The molecule has 0 aromatic rings. The van der Waals surface area contributed by atoms with Gasteiger partial charge in [0.15, 0.2) is 0 Å². The SMILES string of the molecule is C#CCC(C)NC1CC(C)C1. The van der Waals surface area contributed by atoms with Crippen LogP contribution >= 0.6 is 0 Å². The number of hydrogen-bond acceptors (Lipinski definition) is 1. The number of rotatable bonds is 3. The molecule has 1 nitrogen and oxygen atoms in total. The van der Waals surface area contributed by atoms with E-state index in [-0.39, 0.29) is 0 Å². The standard InChI is InChI=1S/C10H17N/c1-4-5-9(3)11-10-6-8(2)7-10/h1,8-11H,5-7H2,2-3H3. The van der Waals surface area contributed by atoms with Gasteiger partial charge >= 0.3 is 0 Å². The summed E-state index contributed by atoms with van der Waals surface area (Å²) in [5.74, 6) is 3.59. The van der Waals surface area contributed by atoms with Crippen molar-refractivity contribution in [1.29, 1.82) is 0 Å². The van der Waals surface area contributed by atoms with Gasteiger partial charge in [-0.15, -0.1) is 12.3 Å². The van der Waals surface area contributed by atoms with Gasteiger partial charge in [-0.05, 0) is 25.7 Å². The van der Waals surface area contributed by atoms with E-state index in [1.54, 1.807) is 0 Å². The fraction of sp³-hybridized carbons (Fsp3) is 0.800. The quantitative estimate of drug-likeness (QED) is 0.606. The molecule has 1 unspecified atom stereocenters. The second-order valence-corrected chi connectivity index (χ2v) is 3.75. The molecule has 1 rings (SSSR count). The van der Waals surface area contributed by atoms with Gasteiger partial charge in [0.2, 0.25) is 0 Å². The molecule has 0 aromatic heterocycles. The third kappa shape index (κ3) is 2.55. The highest BCUT2D eigenvalue weighted by Crippen LogP contribution is 2.26. The highest BCUT2D eigenvalue weighted by molar-refractivity contribution is 4.91. The molecule has 62 valence electrons. The van der Waals surface area contributed by atoms with Crippen LogP contribution in [0.1, 0.15) is 33.1 Å². The van der Waals surface area contributed by atoms with Crippen LogP contribution in [0.2, 0.25) is 0 Å². The van der Waals surface area contributed by atoms with Gasteiger partial charge in [-0.1, -0.05) is 6.92 Å². The van der Waals surface area contributed by atoms with E-state index in [1.807, 2.05) is 0 Å². The lowest BCUT2D eigenvalue weighted by atomic mass is 9.81. The highest BCUT2D eigenvalue weighted by atomic mass is 15.0. The van der Waals surface area contributed by atoms with Gasteiger partial charge < -0.3 is 5.32 Å². The molecule has 1 aliphatic carbocycles. The van der Waals surface area contributed by atoms with E-state index in [2.05, 4.69) is 25.1 Å². The van der Waals surface area contributed by atoms with Crippen LogP contribution in [0.25, 0.3) is 0 Å². The predicted molar refractivity (Wildman–Crippen MR) is 48.2 cm³/mol. The smallest absolute Gasteiger partial charge is 0.0238 e. The van der Waals surface area contributed by atoms with E-state index < -0.39 is 0 Å². The summed E-state index contributed by atoms with van der Waals surface area (Å²) < 4.78 is 0. The highest BCUT2D eigenvalue weighted by Gasteiger charge is 2.25. The van der Waals surface area contributed by atoms with E-state index in [0.717, 1.165) is 18.4 Å². The maximum atomic E-state index is 5.20. The third-order valence-electron chi connectivity index (χ3n) is 2.32. The molecule has 1 atom stereocenters. The summed E-state index contributed by atoms with van der Waals surface area (Å²) in [5, 5.41) is 3.51. The summed E-state index contributed by atoms with van der Waals surface area (Å²) in [5.41, 5.74) is 0. The zero-order valence-electron chi connectivity index (χ0n) is 7.43. The second-order valence-electron chi connectivity index (χ2n) is 3.75. The summed E-state index contributed by atoms with van der Waals surface area (Å²) in [6, 6.07) is 1.24. The summed E-state index contributed by atoms with van der Waals surface area (Å²) in [6.07, 6.45) is 8.71. The minimum atomic E-state index is 0.498. The van der Waals surface area contributed by atoms with Crippen molar-refractivity contribution in [2.24, 2.45) is 5.92 Å². The lowest BCUT2D eigenvalue weighted by Crippen LogP contribution is -2.44. The van der Waals surface area contributed by atoms with Crippen molar-refractivity contribution in [1.82, 2.24) is 5.32 Å². The maximum absolute atomic E-state index is 5.20. The molecule has 0 spiro atoms. The van der Waals surface area contributed by atoms with Gasteiger partial charge in [0.1, 0.15) is 0 Å². The van der Waals surface area contributed by atoms with Crippen molar-refractivity contribution in [2.45, 2.75) is 45.2 Å². The average Bonchev–Trinajstić information content (AvgIpc) is 1.85. The Labute approximate surface area is 69.6 Å². The third-order valence-corrected chi connectivity index (χ3v) is 2.32. The Balaban J connectivity index is 2.08. The average molecular weight is 151 g/mol. The largest absolute Gasteiger partial charge is 0.311 e. The minimum absolute atomic E-state index is 0.498. The van der Waals surface area contributed by atoms with E-state index in [0.29, 0.717) is 6.04 Å². The molecule has 1 saturated carbocycles. The van der Waals surface area contributed by atoms with Gasteiger partial charge in [-0.25, -0.2) is 0 Å². The summed E-state index contributed by atoms with van der Waals surface area (Å²) in [4.78, 5) is 0. The minimum Gasteiger partial charge on any atom is -0.311 e. The molecular formula is C10H17N. The summed E-state index contributed by atoms with van der Waals surface area (Å²) in [6.45, 7) is 4.45. The first kappa shape index (κ1) is 8.62. The van der Waals surface area contributed by atoms with Crippen LogP contribution in [0, 0.1) is 18.3 Å². The van der Waals surface area contributed by atoms with Crippen LogP contribution in [0.4, 0.5) is 0 Å². The first-order valence-corrected chi connectivity index (χ1v) is 4.42. The zero-order valence-corrected chi connectivity index (χ0v) is 7.43. The lowest BCUT2D eigenvalue weighted by Gasteiger charge is -2.35. The lowest BCUT2D eigenvalue weighted by molar-refractivity contribution is 0.226. The molecular weight excluding hydrogens is 134 g/mol. The van der Waals surface area contributed by atoms with Crippen molar-refractivity contribution in [3.05, 3.63) is 0 Å². The molecule has 0 bridgehead atoms. The molecule has 11 heavy (non-hydrogen) atoms. The fourth-order valence-electron chi connectivity index (χ4n) is 1.68. The Hall–Kier alpha value is -0.480. The van der Waals surface area contributed by atoms with Crippen LogP contribution in [-0.4, -0.2) is 12.1 Å². The second kappa shape index (κ2) is 3.78. The van der Waals surface area contributed by atoms with E-state index in [4.69, 9.17) is 6.42 Å². The summed E-state index contributed by atoms with van der Waals surface area (Å²) in [7, 11) is 0. The van der Waals surface area contributed by atoms with E-state index in [1.165, 1.54) is 12.8 Å². The first-order valence-electron chi connectivity index (χ1n) is 4.42. The number of nitrogens with one attached hydrogen (secondary N) is 1. The molecule has 1 aliphatic rings. The van der Waals surface area contributed by atoms with Gasteiger partial charge in [-0.3, -0.25) is 0 Å². The monoisotopic (exact) mass is 151 g/mol. The van der Waals surface area contributed by atoms with Gasteiger partial charge in [0, 0.05) is 18.5 Å². The molecule has 0 heterocycles. The van der Waals surface area contributed by atoms with Crippen molar-refractivity contribution in [2.75, 3.05) is 0 Å². The van der Waals surface area contributed by atoms with Crippen LogP contribution in [0.5, 0.6) is 0 Å². The molecule has 0 radical (unpaired) electrons. The van der Waals surface area contributed by atoms with Crippen molar-refractivity contribution in [3.63, 3.8) is 0 Å². The number of terminal acetylenes is 1. The van der Waals surface area contributed by atoms with Gasteiger partial charge in [0.05, 0.1) is 0 Å². The molecule has 1 heteroatoms. The summed E-state index contributed by atoms with van der Waals surface area (Å²) >= 11 is 0. The van der Waals surface area contributed by atoms with Crippen molar-refractivity contribution >= 4 is 0 Å². The Kier molecular flexibility index (Phi) is 2.96. The Morgan fingerprint density at radius 1 is 1.64 bits per heavy atom. The van der Waals surface area contributed by atoms with Crippen molar-refractivity contribution in [3.8, 4) is 12.3 Å². The van der Waals surface area contributed by atoms with E-state index in [9.17, 15) is 0 Å². The van der Waals surface area contributed by atoms with Gasteiger partial charge in [0.25, 0.3) is 0 Å². The van der Waals surface area contributed by atoms with Gasteiger partial charge in [-0.2, -0.15) is 0 Å². The fourth-order valence-corrected chi connectivity index (χ4v) is 1.68. The predicted octanol–water partition coefficient (Wildman–Crippen LogP) is 1.79. The van der Waals surface area contributed by atoms with Crippen LogP contribution < -0.4 is 5.32 Å². The zero-order chi connectivity index (χ0) is 8.27. The maximum Gasteiger partial charge on any atom is 0.0238 e. The van der Waals surface area contributed by atoms with Crippen LogP contribution in [0.15, 0.2) is 0 Å². The Morgan fingerprint density at radius 3 is 2.73 bits per heavy atom. The normalized spacial score (nSPS) is 32.1. The van der Waals surface area contributed by atoms with Crippen LogP contribution in [0.3, 0.4) is 0 Å². The van der Waals surface area contributed by atoms with E-state index >= 15 is 0 Å².